The van der Waals surface area contributed by atoms with Gasteiger partial charge in [0.05, 0.1) is 12.9 Å². The van der Waals surface area contributed by atoms with Crippen molar-refractivity contribution in [2.45, 2.75) is 30.8 Å². The molecule has 0 bridgehead atoms. The highest BCUT2D eigenvalue weighted by molar-refractivity contribution is 5.83. The van der Waals surface area contributed by atoms with Crippen LogP contribution in [0.1, 0.15) is 5.56 Å². The summed E-state index contributed by atoms with van der Waals surface area (Å²) >= 11 is 0. The largest absolute Gasteiger partial charge is 0.394 e. The third kappa shape index (κ3) is 4.30. The molecule has 1 aliphatic heterocycles. The SMILES string of the molecule is OC[C@H]1O[C@@H](CNc2nc(NCCc3ccccc3)c3[nH]cnc3n2)[C@@H](O)[C@@H]1O. The maximum atomic E-state index is 10.1. The topological polar surface area (TPSA) is 148 Å². The van der Waals surface area contributed by atoms with Crippen LogP contribution in [0.25, 0.3) is 11.2 Å². The van der Waals surface area contributed by atoms with Crippen molar-refractivity contribution in [3.63, 3.8) is 0 Å². The second kappa shape index (κ2) is 8.70. The van der Waals surface area contributed by atoms with Crippen molar-refractivity contribution < 1.29 is 20.1 Å². The van der Waals surface area contributed by atoms with E-state index in [0.29, 0.717) is 29.5 Å². The normalized spacial score (nSPS) is 24.1. The molecule has 6 N–H and O–H groups in total. The predicted molar refractivity (Wildman–Crippen MR) is 107 cm³/mol. The van der Waals surface area contributed by atoms with E-state index in [9.17, 15) is 15.3 Å². The summed E-state index contributed by atoms with van der Waals surface area (Å²) in [7, 11) is 0. The number of nitrogens with zero attached hydrogens (tertiary/aromatic N) is 3. The van der Waals surface area contributed by atoms with Gasteiger partial charge in [-0.2, -0.15) is 9.97 Å². The number of aliphatic hydroxyl groups excluding tert-OH is 3. The number of ether oxygens (including phenoxy) is 1. The molecule has 3 aromatic rings. The van der Waals surface area contributed by atoms with Crippen LogP contribution >= 0.6 is 0 Å². The number of nitrogens with one attached hydrogen (secondary N) is 3. The van der Waals surface area contributed by atoms with Gasteiger partial charge in [0.25, 0.3) is 0 Å². The second-order valence-electron chi connectivity index (χ2n) is 6.92. The second-order valence-corrected chi connectivity index (χ2v) is 6.92. The van der Waals surface area contributed by atoms with Gasteiger partial charge >= 0.3 is 0 Å². The quantitative estimate of drug-likeness (QED) is 0.305. The lowest BCUT2D eigenvalue weighted by Gasteiger charge is -2.16. The zero-order valence-corrected chi connectivity index (χ0v) is 15.7. The number of hydrogen-bond acceptors (Lipinski definition) is 9. The molecule has 0 spiro atoms. The Kier molecular flexibility index (Phi) is 5.86. The summed E-state index contributed by atoms with van der Waals surface area (Å²) in [6.07, 6.45) is -1.32. The minimum Gasteiger partial charge on any atom is -0.394 e. The average molecular weight is 400 g/mol. The molecule has 29 heavy (non-hydrogen) atoms. The number of anilines is 2. The predicted octanol–water partition coefficient (Wildman–Crippen LogP) is -0.0991. The highest BCUT2D eigenvalue weighted by Gasteiger charge is 2.42. The van der Waals surface area contributed by atoms with Gasteiger partial charge in [-0.05, 0) is 12.0 Å². The van der Waals surface area contributed by atoms with Crippen molar-refractivity contribution >= 4 is 22.9 Å². The fourth-order valence-corrected chi connectivity index (χ4v) is 3.35. The third-order valence-corrected chi connectivity index (χ3v) is 4.94. The van der Waals surface area contributed by atoms with Crippen molar-refractivity contribution in [3.8, 4) is 0 Å². The molecule has 1 aliphatic rings. The van der Waals surface area contributed by atoms with Crippen LogP contribution in [0.5, 0.6) is 0 Å². The fraction of sp³-hybridized carbons (Fsp3) is 0.421. The molecule has 0 aliphatic carbocycles. The molecule has 0 amide bonds. The molecule has 2 aromatic heterocycles. The van der Waals surface area contributed by atoms with Gasteiger partial charge in [-0.3, -0.25) is 0 Å². The molecular weight excluding hydrogens is 376 g/mol. The number of fused-ring (bicyclic) bond motifs is 1. The Hall–Kier alpha value is -2.79. The number of H-pyrrole nitrogens is 1. The van der Waals surface area contributed by atoms with Gasteiger partial charge in [-0.1, -0.05) is 30.3 Å². The number of aliphatic hydroxyl groups is 3. The van der Waals surface area contributed by atoms with Crippen LogP contribution in [0.4, 0.5) is 11.8 Å². The lowest BCUT2D eigenvalue weighted by atomic mass is 10.1. The summed E-state index contributed by atoms with van der Waals surface area (Å²) in [6.45, 7) is 0.497. The van der Waals surface area contributed by atoms with Gasteiger partial charge in [0.1, 0.15) is 29.9 Å². The molecule has 0 radical (unpaired) electrons. The molecule has 154 valence electrons. The van der Waals surface area contributed by atoms with E-state index in [1.807, 2.05) is 18.2 Å². The Morgan fingerprint density at radius 3 is 2.59 bits per heavy atom. The highest BCUT2D eigenvalue weighted by Crippen LogP contribution is 2.22. The van der Waals surface area contributed by atoms with E-state index >= 15 is 0 Å². The zero-order valence-electron chi connectivity index (χ0n) is 15.7. The maximum Gasteiger partial charge on any atom is 0.226 e. The first-order valence-electron chi connectivity index (χ1n) is 9.51. The van der Waals surface area contributed by atoms with Crippen molar-refractivity contribution in [1.82, 2.24) is 19.9 Å². The van der Waals surface area contributed by atoms with E-state index < -0.39 is 24.4 Å². The molecule has 4 rings (SSSR count). The van der Waals surface area contributed by atoms with Crippen molar-refractivity contribution in [3.05, 3.63) is 42.2 Å². The van der Waals surface area contributed by atoms with E-state index in [1.165, 1.54) is 5.56 Å². The van der Waals surface area contributed by atoms with E-state index in [-0.39, 0.29) is 13.2 Å². The molecule has 0 saturated carbocycles. The van der Waals surface area contributed by atoms with Crippen molar-refractivity contribution in [1.29, 1.82) is 0 Å². The van der Waals surface area contributed by atoms with Crippen LogP contribution in [0.15, 0.2) is 36.7 Å². The van der Waals surface area contributed by atoms with Crippen LogP contribution in [0.2, 0.25) is 0 Å². The van der Waals surface area contributed by atoms with Crippen LogP contribution in [-0.4, -0.2) is 79.4 Å². The first kappa shape index (κ1) is 19.5. The summed E-state index contributed by atoms with van der Waals surface area (Å²) in [4.78, 5) is 16.1. The summed E-state index contributed by atoms with van der Waals surface area (Å²) in [5.41, 5.74) is 2.43. The van der Waals surface area contributed by atoms with Gasteiger partial charge in [0, 0.05) is 13.1 Å². The molecular formula is C19H24N6O4. The molecule has 3 heterocycles. The van der Waals surface area contributed by atoms with Crippen LogP contribution in [0, 0.1) is 0 Å². The molecule has 10 nitrogen and oxygen atoms in total. The Bertz CT molecular complexity index is 937. The van der Waals surface area contributed by atoms with Crippen molar-refractivity contribution in [2.24, 2.45) is 0 Å². The fourth-order valence-electron chi connectivity index (χ4n) is 3.35. The van der Waals surface area contributed by atoms with E-state index in [1.54, 1.807) is 6.33 Å². The van der Waals surface area contributed by atoms with Gasteiger partial charge in [0.15, 0.2) is 11.5 Å². The van der Waals surface area contributed by atoms with Gasteiger partial charge in [-0.15, -0.1) is 0 Å². The van der Waals surface area contributed by atoms with E-state index in [0.717, 1.165) is 6.42 Å². The molecule has 1 fully saturated rings. The number of aromatic nitrogens is 4. The number of aromatic amines is 1. The molecule has 1 aromatic carbocycles. The van der Waals surface area contributed by atoms with Gasteiger partial charge in [0.2, 0.25) is 5.95 Å². The van der Waals surface area contributed by atoms with Crippen LogP contribution in [0.3, 0.4) is 0 Å². The maximum absolute atomic E-state index is 10.1. The first-order valence-corrected chi connectivity index (χ1v) is 9.51. The standard InChI is InChI=1S/C19H24N6O4/c26-9-13-16(28)15(27)12(29-13)8-21-19-24-17(14-18(25-19)23-10-22-14)20-7-6-11-4-2-1-3-5-11/h1-5,10,12-13,15-16,26-28H,6-9H2,(H3,20,21,22,23,24,25)/t12-,13+,15+,16+/m0/s1. The highest BCUT2D eigenvalue weighted by atomic mass is 16.6. The van der Waals surface area contributed by atoms with Crippen molar-refractivity contribution in [2.75, 3.05) is 30.3 Å². The lowest BCUT2D eigenvalue weighted by molar-refractivity contribution is -0.0184. The minimum absolute atomic E-state index is 0.175. The van der Waals surface area contributed by atoms with E-state index in [2.05, 4.69) is 42.7 Å². The van der Waals surface area contributed by atoms with Crippen LogP contribution in [-0.2, 0) is 11.2 Å². The number of rotatable bonds is 8. The van der Waals surface area contributed by atoms with E-state index in [4.69, 9.17) is 4.74 Å². The summed E-state index contributed by atoms with van der Waals surface area (Å²) < 4.78 is 5.47. The summed E-state index contributed by atoms with van der Waals surface area (Å²) in [5, 5.41) is 35.4. The monoisotopic (exact) mass is 400 g/mol. The van der Waals surface area contributed by atoms with Crippen LogP contribution < -0.4 is 10.6 Å². The number of imidazole rings is 1. The minimum atomic E-state index is -1.13. The first-order chi connectivity index (χ1) is 14.2. The Labute approximate surface area is 167 Å². The smallest absolute Gasteiger partial charge is 0.226 e. The number of hydrogen-bond donors (Lipinski definition) is 6. The molecule has 1 saturated heterocycles. The van der Waals surface area contributed by atoms with Gasteiger partial charge < -0.3 is 35.7 Å². The third-order valence-electron chi connectivity index (χ3n) is 4.94. The Morgan fingerprint density at radius 1 is 1.03 bits per heavy atom. The Balaban J connectivity index is 1.42. The molecule has 0 unspecified atom stereocenters. The molecule has 4 atom stereocenters. The number of benzene rings is 1. The molecule has 10 heteroatoms. The average Bonchev–Trinajstić information content (AvgIpc) is 3.32. The van der Waals surface area contributed by atoms with Gasteiger partial charge in [-0.25, -0.2) is 4.98 Å². The lowest BCUT2D eigenvalue weighted by Crippen LogP contribution is -2.36. The summed E-state index contributed by atoms with van der Waals surface area (Å²) in [5.74, 6) is 0.941. The summed E-state index contributed by atoms with van der Waals surface area (Å²) in [6, 6.07) is 10.1. The Morgan fingerprint density at radius 2 is 1.83 bits per heavy atom. The zero-order chi connectivity index (χ0) is 20.2.